The minimum absolute atomic E-state index is 0. The fourth-order valence-electron chi connectivity index (χ4n) is 2.53. The third-order valence-electron chi connectivity index (χ3n) is 3.74. The lowest BCUT2D eigenvalue weighted by Crippen LogP contribution is -2.35. The van der Waals surface area contributed by atoms with Gasteiger partial charge in [-0.1, -0.05) is 18.5 Å². The number of hydrogen-bond acceptors (Lipinski definition) is 3. The van der Waals surface area contributed by atoms with Crippen LogP contribution < -0.4 is 10.6 Å². The van der Waals surface area contributed by atoms with Gasteiger partial charge in [0.05, 0.1) is 10.9 Å². The summed E-state index contributed by atoms with van der Waals surface area (Å²) in [6.07, 6.45) is 3.08. The molecule has 1 aromatic rings. The summed E-state index contributed by atoms with van der Waals surface area (Å²) >= 11 is 7.38. The summed E-state index contributed by atoms with van der Waals surface area (Å²) < 4.78 is 0.769. The molecule has 2 N–H and O–H groups in total. The SMILES string of the molecule is CC(CC(=O)NCc1ccc(Cl)s1)C1CCCNC1.Cl. The van der Waals surface area contributed by atoms with Crippen LogP contribution in [-0.4, -0.2) is 19.0 Å². The Kier molecular flexibility index (Phi) is 7.88. The Morgan fingerprint density at radius 2 is 2.40 bits per heavy atom. The molecular formula is C14H22Cl2N2OS. The highest BCUT2D eigenvalue weighted by atomic mass is 35.5. The number of carbonyl (C=O) groups is 1. The highest BCUT2D eigenvalue weighted by Gasteiger charge is 2.21. The van der Waals surface area contributed by atoms with Crippen LogP contribution in [0.2, 0.25) is 4.34 Å². The number of amides is 1. The highest BCUT2D eigenvalue weighted by molar-refractivity contribution is 7.16. The first kappa shape index (κ1) is 17.8. The van der Waals surface area contributed by atoms with E-state index in [1.807, 2.05) is 12.1 Å². The lowest BCUT2D eigenvalue weighted by Gasteiger charge is -2.27. The fourth-order valence-corrected chi connectivity index (χ4v) is 3.56. The van der Waals surface area contributed by atoms with Crippen LogP contribution in [0, 0.1) is 11.8 Å². The summed E-state index contributed by atoms with van der Waals surface area (Å²) in [5, 5.41) is 6.38. The van der Waals surface area contributed by atoms with E-state index in [4.69, 9.17) is 11.6 Å². The van der Waals surface area contributed by atoms with Gasteiger partial charge in [-0.05, 0) is 49.9 Å². The molecule has 2 unspecified atom stereocenters. The largest absolute Gasteiger partial charge is 0.351 e. The van der Waals surface area contributed by atoms with Crippen LogP contribution in [-0.2, 0) is 11.3 Å². The minimum atomic E-state index is 0. The molecule has 0 bridgehead atoms. The van der Waals surface area contributed by atoms with Gasteiger partial charge in [0.2, 0.25) is 5.91 Å². The van der Waals surface area contributed by atoms with Crippen LogP contribution in [0.5, 0.6) is 0 Å². The van der Waals surface area contributed by atoms with Crippen molar-refractivity contribution in [1.82, 2.24) is 10.6 Å². The molecule has 114 valence electrons. The van der Waals surface area contributed by atoms with Gasteiger partial charge in [-0.15, -0.1) is 23.7 Å². The Morgan fingerprint density at radius 1 is 1.60 bits per heavy atom. The zero-order valence-electron chi connectivity index (χ0n) is 11.7. The number of rotatable bonds is 5. The normalized spacial score (nSPS) is 20.0. The van der Waals surface area contributed by atoms with Crippen molar-refractivity contribution in [3.63, 3.8) is 0 Å². The maximum atomic E-state index is 11.9. The molecule has 1 aromatic heterocycles. The second-order valence-electron chi connectivity index (χ2n) is 5.27. The van der Waals surface area contributed by atoms with Crippen LogP contribution in [0.15, 0.2) is 12.1 Å². The molecule has 1 amide bonds. The summed E-state index contributed by atoms with van der Waals surface area (Å²) in [4.78, 5) is 13.0. The Balaban J connectivity index is 0.00000200. The average Bonchev–Trinajstić information content (AvgIpc) is 2.83. The van der Waals surface area contributed by atoms with Gasteiger partial charge >= 0.3 is 0 Å². The van der Waals surface area contributed by atoms with Gasteiger partial charge in [0.15, 0.2) is 0 Å². The number of halogens is 2. The van der Waals surface area contributed by atoms with Crippen LogP contribution in [0.4, 0.5) is 0 Å². The van der Waals surface area contributed by atoms with Gasteiger partial charge in [0.25, 0.3) is 0 Å². The van der Waals surface area contributed by atoms with Crippen LogP contribution in [0.1, 0.15) is 31.1 Å². The van der Waals surface area contributed by atoms with Gasteiger partial charge in [0.1, 0.15) is 0 Å². The van der Waals surface area contributed by atoms with E-state index in [1.165, 1.54) is 24.2 Å². The van der Waals surface area contributed by atoms with E-state index in [9.17, 15) is 4.79 Å². The van der Waals surface area contributed by atoms with Crippen molar-refractivity contribution in [1.29, 1.82) is 0 Å². The molecule has 0 saturated carbocycles. The smallest absolute Gasteiger partial charge is 0.220 e. The third kappa shape index (κ3) is 5.60. The zero-order chi connectivity index (χ0) is 13.7. The topological polar surface area (TPSA) is 41.1 Å². The van der Waals surface area contributed by atoms with E-state index in [0.29, 0.717) is 24.8 Å². The van der Waals surface area contributed by atoms with Crippen molar-refractivity contribution in [2.45, 2.75) is 32.7 Å². The molecule has 1 saturated heterocycles. The van der Waals surface area contributed by atoms with E-state index >= 15 is 0 Å². The van der Waals surface area contributed by atoms with Gasteiger partial charge in [-0.3, -0.25) is 4.79 Å². The molecule has 20 heavy (non-hydrogen) atoms. The van der Waals surface area contributed by atoms with Crippen LogP contribution >= 0.6 is 35.3 Å². The summed E-state index contributed by atoms with van der Waals surface area (Å²) in [5.41, 5.74) is 0. The predicted molar refractivity (Wildman–Crippen MR) is 87.8 cm³/mol. The van der Waals surface area contributed by atoms with Crippen molar-refractivity contribution >= 4 is 41.3 Å². The van der Waals surface area contributed by atoms with Gasteiger partial charge < -0.3 is 10.6 Å². The number of thiophene rings is 1. The van der Waals surface area contributed by atoms with Gasteiger partial charge in [-0.2, -0.15) is 0 Å². The standard InChI is InChI=1S/C14H21ClN2OS.ClH/c1-10(11-3-2-6-16-8-11)7-14(18)17-9-12-4-5-13(15)19-12;/h4-5,10-11,16H,2-3,6-9H2,1H3,(H,17,18);1H. The number of piperidine rings is 1. The van der Waals surface area contributed by atoms with E-state index in [0.717, 1.165) is 22.3 Å². The zero-order valence-corrected chi connectivity index (χ0v) is 14.0. The first-order valence-electron chi connectivity index (χ1n) is 6.87. The van der Waals surface area contributed by atoms with Crippen molar-refractivity contribution in [3.8, 4) is 0 Å². The number of carbonyl (C=O) groups excluding carboxylic acids is 1. The summed E-state index contributed by atoms with van der Waals surface area (Å²) in [6, 6.07) is 3.83. The first-order valence-corrected chi connectivity index (χ1v) is 8.06. The second-order valence-corrected chi connectivity index (χ2v) is 7.07. The summed E-state index contributed by atoms with van der Waals surface area (Å²) in [6.45, 7) is 4.94. The Hall–Kier alpha value is -0.290. The summed E-state index contributed by atoms with van der Waals surface area (Å²) in [7, 11) is 0. The van der Waals surface area contributed by atoms with Crippen molar-refractivity contribution in [2.75, 3.05) is 13.1 Å². The number of hydrogen-bond donors (Lipinski definition) is 2. The molecule has 6 heteroatoms. The van der Waals surface area contributed by atoms with Crippen LogP contribution in [0.25, 0.3) is 0 Å². The molecule has 0 radical (unpaired) electrons. The molecular weight excluding hydrogens is 315 g/mol. The van der Waals surface area contributed by atoms with E-state index in [-0.39, 0.29) is 18.3 Å². The maximum absolute atomic E-state index is 11.9. The Labute approximate surface area is 135 Å². The van der Waals surface area contributed by atoms with Crippen molar-refractivity contribution in [3.05, 3.63) is 21.3 Å². The van der Waals surface area contributed by atoms with E-state index in [2.05, 4.69) is 17.6 Å². The van der Waals surface area contributed by atoms with Crippen molar-refractivity contribution < 1.29 is 4.79 Å². The molecule has 2 heterocycles. The van der Waals surface area contributed by atoms with Crippen molar-refractivity contribution in [2.24, 2.45) is 11.8 Å². The molecule has 3 nitrogen and oxygen atoms in total. The Bertz CT molecular complexity index is 419. The molecule has 2 rings (SSSR count). The minimum Gasteiger partial charge on any atom is -0.351 e. The predicted octanol–water partition coefficient (Wildman–Crippen LogP) is 3.47. The molecule has 1 fully saturated rings. The molecule has 0 aromatic carbocycles. The molecule has 1 aliphatic heterocycles. The van der Waals surface area contributed by atoms with E-state index < -0.39 is 0 Å². The summed E-state index contributed by atoms with van der Waals surface area (Å²) in [5.74, 6) is 1.22. The molecule has 2 atom stereocenters. The quantitative estimate of drug-likeness (QED) is 0.864. The lowest BCUT2D eigenvalue weighted by molar-refractivity contribution is -0.122. The van der Waals surface area contributed by atoms with Crippen LogP contribution in [0.3, 0.4) is 0 Å². The Morgan fingerprint density at radius 3 is 3.00 bits per heavy atom. The van der Waals surface area contributed by atoms with E-state index in [1.54, 1.807) is 0 Å². The van der Waals surface area contributed by atoms with Gasteiger partial charge in [0, 0.05) is 11.3 Å². The average molecular weight is 337 g/mol. The highest BCUT2D eigenvalue weighted by Crippen LogP contribution is 2.23. The molecule has 0 aliphatic carbocycles. The second kappa shape index (κ2) is 8.88. The molecule has 0 spiro atoms. The third-order valence-corrected chi connectivity index (χ3v) is 4.97. The lowest BCUT2D eigenvalue weighted by atomic mass is 9.85. The maximum Gasteiger partial charge on any atom is 0.220 e. The monoisotopic (exact) mass is 336 g/mol. The fraction of sp³-hybridized carbons (Fsp3) is 0.643. The molecule has 1 aliphatic rings. The number of nitrogens with one attached hydrogen (secondary N) is 2. The van der Waals surface area contributed by atoms with Gasteiger partial charge in [-0.25, -0.2) is 0 Å². The first-order chi connectivity index (χ1) is 9.15.